The van der Waals surface area contributed by atoms with E-state index in [9.17, 15) is 0 Å². The summed E-state index contributed by atoms with van der Waals surface area (Å²) in [5, 5.41) is 0. The summed E-state index contributed by atoms with van der Waals surface area (Å²) >= 11 is 0. The lowest BCUT2D eigenvalue weighted by Crippen LogP contribution is -2.13. The molecule has 0 nitrogen and oxygen atoms in total. The fourth-order valence-corrected chi connectivity index (χ4v) is 2.95. The summed E-state index contributed by atoms with van der Waals surface area (Å²) in [4.78, 5) is 0. The van der Waals surface area contributed by atoms with Crippen molar-refractivity contribution >= 4 is 0 Å². The van der Waals surface area contributed by atoms with Gasteiger partial charge in [0.05, 0.1) is 0 Å². The van der Waals surface area contributed by atoms with Crippen molar-refractivity contribution in [1.82, 2.24) is 0 Å². The van der Waals surface area contributed by atoms with Crippen LogP contribution in [-0.2, 0) is 6.42 Å². The van der Waals surface area contributed by atoms with Crippen LogP contribution in [0.1, 0.15) is 54.9 Å². The van der Waals surface area contributed by atoms with Crippen molar-refractivity contribution in [3.63, 3.8) is 0 Å². The Morgan fingerprint density at radius 1 is 0.941 bits per heavy atom. The molecule has 0 aromatic heterocycles. The Kier molecular flexibility index (Phi) is 3.91. The van der Waals surface area contributed by atoms with Gasteiger partial charge >= 0.3 is 0 Å². The van der Waals surface area contributed by atoms with Gasteiger partial charge in [0.15, 0.2) is 0 Å². The standard InChI is InChI=1S/C17H25/c1-12-5-7-16(8-6-12)11-17-9-13(2)15(4)14(3)10-17/h9-10,16H,5-8,11H2,1-4H3. The third kappa shape index (κ3) is 3.12. The van der Waals surface area contributed by atoms with Crippen LogP contribution in [0.25, 0.3) is 0 Å². The minimum Gasteiger partial charge on any atom is -0.0591 e. The highest BCUT2D eigenvalue weighted by Gasteiger charge is 2.18. The SMILES string of the molecule is C[C]1CCC(Cc2cc(C)c(C)c(C)c2)CC1. The molecule has 0 aliphatic heterocycles. The number of rotatable bonds is 2. The fourth-order valence-electron chi connectivity index (χ4n) is 2.95. The van der Waals surface area contributed by atoms with Gasteiger partial charge in [-0.15, -0.1) is 0 Å². The van der Waals surface area contributed by atoms with Crippen LogP contribution in [0.3, 0.4) is 0 Å². The van der Waals surface area contributed by atoms with Crippen molar-refractivity contribution < 1.29 is 0 Å². The highest BCUT2D eigenvalue weighted by molar-refractivity contribution is 5.37. The van der Waals surface area contributed by atoms with Gasteiger partial charge in [0.25, 0.3) is 0 Å². The second-order valence-corrected chi connectivity index (χ2v) is 5.96. The molecule has 1 aromatic carbocycles. The maximum absolute atomic E-state index is 2.40. The van der Waals surface area contributed by atoms with Crippen molar-refractivity contribution in [1.29, 1.82) is 0 Å². The molecule has 0 amide bonds. The highest BCUT2D eigenvalue weighted by atomic mass is 14.2. The molecule has 1 saturated carbocycles. The average Bonchev–Trinajstić information content (AvgIpc) is 2.29. The van der Waals surface area contributed by atoms with Gasteiger partial charge < -0.3 is 0 Å². The monoisotopic (exact) mass is 229 g/mol. The Morgan fingerprint density at radius 3 is 2.00 bits per heavy atom. The third-order valence-electron chi connectivity index (χ3n) is 4.47. The molecule has 0 heterocycles. The highest BCUT2D eigenvalue weighted by Crippen LogP contribution is 2.32. The summed E-state index contributed by atoms with van der Waals surface area (Å²) in [5.74, 6) is 2.62. The Balaban J connectivity index is 2.04. The van der Waals surface area contributed by atoms with Crippen LogP contribution in [0.2, 0.25) is 0 Å². The summed E-state index contributed by atoms with van der Waals surface area (Å²) in [6.45, 7) is 9.03. The normalized spacial score (nSPS) is 18.6. The first-order valence-corrected chi connectivity index (χ1v) is 6.94. The largest absolute Gasteiger partial charge is 0.0591 e. The van der Waals surface area contributed by atoms with E-state index >= 15 is 0 Å². The molecule has 1 fully saturated rings. The summed E-state index contributed by atoms with van der Waals surface area (Å²) < 4.78 is 0. The van der Waals surface area contributed by atoms with E-state index in [-0.39, 0.29) is 0 Å². The second-order valence-electron chi connectivity index (χ2n) is 5.96. The molecule has 0 bridgehead atoms. The van der Waals surface area contributed by atoms with Crippen molar-refractivity contribution in [3.05, 3.63) is 40.3 Å². The minimum absolute atomic E-state index is 0.917. The first kappa shape index (κ1) is 12.7. The van der Waals surface area contributed by atoms with E-state index in [1.54, 1.807) is 11.5 Å². The topological polar surface area (TPSA) is 0 Å². The maximum Gasteiger partial charge on any atom is -0.0250 e. The minimum atomic E-state index is 0.917. The van der Waals surface area contributed by atoms with E-state index in [4.69, 9.17) is 0 Å². The summed E-state index contributed by atoms with van der Waals surface area (Å²) in [7, 11) is 0. The Labute approximate surface area is 106 Å². The van der Waals surface area contributed by atoms with Gasteiger partial charge in [-0.2, -0.15) is 0 Å². The lowest BCUT2D eigenvalue weighted by molar-refractivity contribution is 0.378. The molecule has 1 aliphatic rings. The van der Waals surface area contributed by atoms with E-state index in [1.807, 2.05) is 0 Å². The van der Waals surface area contributed by atoms with Crippen molar-refractivity contribution in [2.24, 2.45) is 5.92 Å². The van der Waals surface area contributed by atoms with Crippen LogP contribution in [-0.4, -0.2) is 0 Å². The summed E-state index contributed by atoms with van der Waals surface area (Å²) in [5.41, 5.74) is 5.92. The zero-order valence-corrected chi connectivity index (χ0v) is 11.8. The Morgan fingerprint density at radius 2 is 1.47 bits per heavy atom. The van der Waals surface area contributed by atoms with Crippen LogP contribution in [0.15, 0.2) is 12.1 Å². The van der Waals surface area contributed by atoms with Crippen molar-refractivity contribution in [2.75, 3.05) is 0 Å². The van der Waals surface area contributed by atoms with E-state index < -0.39 is 0 Å². The smallest absolute Gasteiger partial charge is 0.0250 e. The molecular formula is C17H25. The van der Waals surface area contributed by atoms with Crippen LogP contribution in [0.5, 0.6) is 0 Å². The molecule has 1 radical (unpaired) electrons. The van der Waals surface area contributed by atoms with Gasteiger partial charge in [-0.1, -0.05) is 19.1 Å². The van der Waals surface area contributed by atoms with Gasteiger partial charge in [-0.3, -0.25) is 0 Å². The number of aryl methyl sites for hydroxylation is 2. The van der Waals surface area contributed by atoms with Gasteiger partial charge in [-0.25, -0.2) is 0 Å². The van der Waals surface area contributed by atoms with Crippen molar-refractivity contribution in [2.45, 2.75) is 59.8 Å². The molecule has 1 aliphatic carbocycles. The number of benzene rings is 1. The van der Waals surface area contributed by atoms with E-state index in [2.05, 4.69) is 39.8 Å². The molecule has 0 heteroatoms. The zero-order valence-electron chi connectivity index (χ0n) is 11.8. The van der Waals surface area contributed by atoms with Crippen molar-refractivity contribution in [3.8, 4) is 0 Å². The van der Waals surface area contributed by atoms with E-state index in [0.29, 0.717) is 0 Å². The molecule has 2 rings (SSSR count). The van der Waals surface area contributed by atoms with E-state index in [0.717, 1.165) is 5.92 Å². The first-order valence-electron chi connectivity index (χ1n) is 6.94. The molecule has 0 N–H and O–H groups in total. The predicted octanol–water partition coefficient (Wildman–Crippen LogP) is 4.94. The van der Waals surface area contributed by atoms with Gasteiger partial charge in [0.2, 0.25) is 0 Å². The average molecular weight is 229 g/mol. The maximum atomic E-state index is 2.40. The van der Waals surface area contributed by atoms with Crippen LogP contribution in [0, 0.1) is 32.6 Å². The summed E-state index contributed by atoms with van der Waals surface area (Å²) in [6.07, 6.45) is 6.80. The number of hydrogen-bond donors (Lipinski definition) is 0. The molecule has 1 aromatic rings. The molecule has 0 spiro atoms. The molecule has 0 unspecified atom stereocenters. The molecular weight excluding hydrogens is 204 g/mol. The lowest BCUT2D eigenvalue weighted by Gasteiger charge is -2.26. The Hall–Kier alpha value is -0.780. The van der Waals surface area contributed by atoms with E-state index in [1.165, 1.54) is 48.8 Å². The van der Waals surface area contributed by atoms with Gasteiger partial charge in [-0.05, 0) is 87.0 Å². The summed E-state index contributed by atoms with van der Waals surface area (Å²) in [6, 6.07) is 4.79. The fraction of sp³-hybridized carbons (Fsp3) is 0.588. The molecule has 0 atom stereocenters. The van der Waals surface area contributed by atoms with Crippen LogP contribution in [0.4, 0.5) is 0 Å². The first-order chi connectivity index (χ1) is 8.06. The number of hydrogen-bond acceptors (Lipinski definition) is 0. The second kappa shape index (κ2) is 5.25. The van der Waals surface area contributed by atoms with Crippen LogP contribution < -0.4 is 0 Å². The molecule has 93 valence electrons. The Bertz CT molecular complexity index is 358. The van der Waals surface area contributed by atoms with Gasteiger partial charge in [0, 0.05) is 0 Å². The van der Waals surface area contributed by atoms with Gasteiger partial charge in [0.1, 0.15) is 0 Å². The zero-order chi connectivity index (χ0) is 12.4. The predicted molar refractivity (Wildman–Crippen MR) is 75.2 cm³/mol. The third-order valence-corrected chi connectivity index (χ3v) is 4.47. The molecule has 17 heavy (non-hydrogen) atoms. The van der Waals surface area contributed by atoms with Crippen LogP contribution >= 0.6 is 0 Å². The lowest BCUT2D eigenvalue weighted by atomic mass is 9.79. The quantitative estimate of drug-likeness (QED) is 0.674. The molecule has 0 saturated heterocycles.